The molecular formula is C19H20ClFN4O3S. The van der Waals surface area contributed by atoms with E-state index in [2.05, 4.69) is 10.6 Å². The summed E-state index contributed by atoms with van der Waals surface area (Å²) in [6.45, 7) is 3.49. The van der Waals surface area contributed by atoms with E-state index >= 15 is 0 Å². The number of thiophene rings is 1. The molecule has 2 amide bonds. The predicted octanol–water partition coefficient (Wildman–Crippen LogP) is 2.71. The van der Waals surface area contributed by atoms with Gasteiger partial charge in [0.25, 0.3) is 5.91 Å². The molecule has 29 heavy (non-hydrogen) atoms. The maximum absolute atomic E-state index is 14.6. The number of ether oxygens (including phenoxy) is 1. The number of benzene rings is 1. The minimum Gasteiger partial charge on any atom is -0.442 e. The summed E-state index contributed by atoms with van der Waals surface area (Å²) in [6, 6.07) is 8.05. The van der Waals surface area contributed by atoms with Crippen molar-refractivity contribution in [2.45, 2.75) is 6.10 Å². The number of carbonyl (C=O) groups excluding carboxylic acids is 2. The van der Waals surface area contributed by atoms with E-state index in [1.807, 2.05) is 4.90 Å². The Labute approximate surface area is 176 Å². The molecular weight excluding hydrogens is 419 g/mol. The zero-order chi connectivity index (χ0) is 20.4. The minimum absolute atomic E-state index is 0.165. The van der Waals surface area contributed by atoms with E-state index < -0.39 is 12.2 Å². The van der Waals surface area contributed by atoms with Gasteiger partial charge in [-0.25, -0.2) is 9.18 Å². The third-order valence-corrected chi connectivity index (χ3v) is 6.09. The smallest absolute Gasteiger partial charge is 0.414 e. The standard InChI is InChI=1S/C19H20ClFN4O3S/c20-17-4-3-16(29-17)18(26)23-10-13-11-25(19(27)28-13)12-1-2-15(14(21)9-12)24-7-5-22-6-8-24/h1-4,9,13,22H,5-8,10-11H2,(H,23,26). The molecule has 10 heteroatoms. The second-order valence-electron chi connectivity index (χ2n) is 6.80. The first kappa shape index (κ1) is 19.9. The van der Waals surface area contributed by atoms with E-state index in [-0.39, 0.29) is 24.8 Å². The van der Waals surface area contributed by atoms with Gasteiger partial charge in [0.1, 0.15) is 11.9 Å². The highest BCUT2D eigenvalue weighted by Gasteiger charge is 2.33. The van der Waals surface area contributed by atoms with Gasteiger partial charge in [-0.15, -0.1) is 11.3 Å². The second-order valence-corrected chi connectivity index (χ2v) is 8.52. The summed E-state index contributed by atoms with van der Waals surface area (Å²) < 4.78 is 20.5. The lowest BCUT2D eigenvalue weighted by molar-refractivity contribution is 0.0920. The Bertz CT molecular complexity index is 919. The van der Waals surface area contributed by atoms with E-state index in [1.165, 1.54) is 22.3 Å². The van der Waals surface area contributed by atoms with Crippen molar-refractivity contribution in [1.29, 1.82) is 0 Å². The summed E-state index contributed by atoms with van der Waals surface area (Å²) in [6.07, 6.45) is -1.07. The van der Waals surface area contributed by atoms with Crippen molar-refractivity contribution in [1.82, 2.24) is 10.6 Å². The van der Waals surface area contributed by atoms with Crippen LogP contribution in [-0.2, 0) is 4.74 Å². The summed E-state index contributed by atoms with van der Waals surface area (Å²) in [4.78, 5) is 28.2. The molecule has 2 saturated heterocycles. The number of carbonyl (C=O) groups is 2. The zero-order valence-corrected chi connectivity index (χ0v) is 17.1. The maximum Gasteiger partial charge on any atom is 0.414 e. The maximum atomic E-state index is 14.6. The number of rotatable bonds is 5. The molecule has 1 aromatic carbocycles. The monoisotopic (exact) mass is 438 g/mol. The van der Waals surface area contributed by atoms with Crippen molar-refractivity contribution >= 4 is 46.3 Å². The third kappa shape index (κ3) is 4.47. The summed E-state index contributed by atoms with van der Waals surface area (Å²) in [5.74, 6) is -0.647. The molecule has 1 unspecified atom stereocenters. The number of cyclic esters (lactones) is 1. The number of amides is 2. The van der Waals surface area contributed by atoms with Crippen LogP contribution in [0, 0.1) is 5.82 Å². The Hall–Kier alpha value is -2.36. The minimum atomic E-state index is -0.558. The largest absolute Gasteiger partial charge is 0.442 e. The van der Waals surface area contributed by atoms with Crippen LogP contribution in [0.4, 0.5) is 20.6 Å². The van der Waals surface area contributed by atoms with E-state index in [9.17, 15) is 14.0 Å². The molecule has 0 aliphatic carbocycles. The fourth-order valence-electron chi connectivity index (χ4n) is 3.39. The molecule has 3 heterocycles. The third-order valence-electron chi connectivity index (χ3n) is 4.86. The molecule has 7 nitrogen and oxygen atoms in total. The molecule has 2 aromatic rings. The van der Waals surface area contributed by atoms with Gasteiger partial charge in [-0.05, 0) is 30.3 Å². The number of anilines is 2. The quantitative estimate of drug-likeness (QED) is 0.750. The lowest BCUT2D eigenvalue weighted by atomic mass is 10.2. The molecule has 0 saturated carbocycles. The number of nitrogens with one attached hydrogen (secondary N) is 2. The first-order valence-corrected chi connectivity index (χ1v) is 10.5. The van der Waals surface area contributed by atoms with Crippen LogP contribution in [0.3, 0.4) is 0 Å². The van der Waals surface area contributed by atoms with Crippen LogP contribution in [0.15, 0.2) is 30.3 Å². The summed E-state index contributed by atoms with van der Waals surface area (Å²) >= 11 is 7.01. The van der Waals surface area contributed by atoms with Gasteiger partial charge < -0.3 is 20.3 Å². The van der Waals surface area contributed by atoms with Crippen molar-refractivity contribution in [3.8, 4) is 0 Å². The number of nitrogens with zero attached hydrogens (tertiary/aromatic N) is 2. The van der Waals surface area contributed by atoms with E-state index in [1.54, 1.807) is 24.3 Å². The molecule has 4 rings (SSSR count). The number of piperazine rings is 1. The number of halogens is 2. The Morgan fingerprint density at radius 2 is 2.10 bits per heavy atom. The molecule has 154 valence electrons. The molecule has 2 N–H and O–H groups in total. The van der Waals surface area contributed by atoms with Crippen molar-refractivity contribution in [3.05, 3.63) is 45.4 Å². The number of hydrogen-bond acceptors (Lipinski definition) is 6. The second kappa shape index (κ2) is 8.56. The Balaban J connectivity index is 1.37. The van der Waals surface area contributed by atoms with Gasteiger partial charge in [-0.1, -0.05) is 11.6 Å². The van der Waals surface area contributed by atoms with Crippen LogP contribution in [0.25, 0.3) is 0 Å². The van der Waals surface area contributed by atoms with Gasteiger partial charge >= 0.3 is 6.09 Å². The van der Waals surface area contributed by atoms with E-state index in [0.717, 1.165) is 26.2 Å². The summed E-state index contributed by atoms with van der Waals surface area (Å²) in [5.41, 5.74) is 0.964. The van der Waals surface area contributed by atoms with Crippen LogP contribution in [-0.4, -0.2) is 57.4 Å². The van der Waals surface area contributed by atoms with Crippen LogP contribution >= 0.6 is 22.9 Å². The van der Waals surface area contributed by atoms with Crippen LogP contribution in [0.5, 0.6) is 0 Å². The molecule has 1 atom stereocenters. The van der Waals surface area contributed by atoms with Gasteiger partial charge in [0.15, 0.2) is 0 Å². The summed E-state index contributed by atoms with van der Waals surface area (Å²) in [5, 5.41) is 5.97. The van der Waals surface area contributed by atoms with Gasteiger partial charge in [0.05, 0.1) is 33.7 Å². The van der Waals surface area contributed by atoms with Crippen molar-refractivity contribution in [3.63, 3.8) is 0 Å². The summed E-state index contributed by atoms with van der Waals surface area (Å²) in [7, 11) is 0. The Kier molecular flexibility index (Phi) is 5.89. The van der Waals surface area contributed by atoms with Crippen LogP contribution in [0.1, 0.15) is 9.67 Å². The Morgan fingerprint density at radius 1 is 1.31 bits per heavy atom. The first-order valence-electron chi connectivity index (χ1n) is 9.28. The van der Waals surface area contributed by atoms with Gasteiger partial charge in [0.2, 0.25) is 0 Å². The molecule has 0 bridgehead atoms. The van der Waals surface area contributed by atoms with Gasteiger partial charge in [0, 0.05) is 26.2 Å². The first-order chi connectivity index (χ1) is 14.0. The Morgan fingerprint density at radius 3 is 2.79 bits per heavy atom. The molecule has 0 spiro atoms. The van der Waals surface area contributed by atoms with Crippen molar-refractivity contribution < 1.29 is 18.7 Å². The average molecular weight is 439 g/mol. The molecule has 1 aromatic heterocycles. The topological polar surface area (TPSA) is 73.9 Å². The fourth-order valence-corrected chi connectivity index (χ4v) is 4.35. The van der Waals surface area contributed by atoms with Crippen LogP contribution in [0.2, 0.25) is 4.34 Å². The molecule has 0 radical (unpaired) electrons. The SMILES string of the molecule is O=C(NCC1CN(c2ccc(N3CCNCC3)c(F)c2)C(=O)O1)c1ccc(Cl)s1. The highest BCUT2D eigenvalue weighted by Crippen LogP contribution is 2.28. The number of hydrogen-bond donors (Lipinski definition) is 2. The van der Waals surface area contributed by atoms with Crippen LogP contribution < -0.4 is 20.4 Å². The highest BCUT2D eigenvalue weighted by atomic mass is 35.5. The molecule has 2 aliphatic heterocycles. The van der Waals surface area contributed by atoms with Crippen molar-refractivity contribution in [2.24, 2.45) is 0 Å². The molecule has 2 aliphatic rings. The highest BCUT2D eigenvalue weighted by molar-refractivity contribution is 7.17. The van der Waals surface area contributed by atoms with Crippen molar-refractivity contribution in [2.75, 3.05) is 49.1 Å². The predicted molar refractivity (Wildman–Crippen MR) is 111 cm³/mol. The lowest BCUT2D eigenvalue weighted by Gasteiger charge is -2.30. The van der Waals surface area contributed by atoms with Gasteiger partial charge in [-0.2, -0.15) is 0 Å². The molecule has 2 fully saturated rings. The lowest BCUT2D eigenvalue weighted by Crippen LogP contribution is -2.43. The normalized spacial score (nSPS) is 19.4. The van der Waals surface area contributed by atoms with Gasteiger partial charge in [-0.3, -0.25) is 9.69 Å². The van der Waals surface area contributed by atoms with E-state index in [0.29, 0.717) is 20.6 Å². The zero-order valence-electron chi connectivity index (χ0n) is 15.5. The average Bonchev–Trinajstić information content (AvgIpc) is 3.32. The van der Waals surface area contributed by atoms with E-state index in [4.69, 9.17) is 16.3 Å². The fraction of sp³-hybridized carbons (Fsp3) is 0.368.